The average molecular weight is 228 g/mol. The Bertz CT molecular complexity index is 556. The summed E-state index contributed by atoms with van der Waals surface area (Å²) in [5, 5.41) is 11.0. The van der Waals surface area contributed by atoms with Gasteiger partial charge in [0.25, 0.3) is 0 Å². The fourth-order valence-corrected chi connectivity index (χ4v) is 1.99. The van der Waals surface area contributed by atoms with E-state index in [-0.39, 0.29) is 0 Å². The Kier molecular flexibility index (Phi) is 2.36. The SMILES string of the molecule is CNc1ncnnc1-c1ccc2c(c1)CCO2. The number of hydrogen-bond acceptors (Lipinski definition) is 5. The lowest BCUT2D eigenvalue weighted by Gasteiger charge is -2.06. The molecule has 0 fully saturated rings. The quantitative estimate of drug-likeness (QED) is 0.844. The highest BCUT2D eigenvalue weighted by atomic mass is 16.5. The van der Waals surface area contributed by atoms with Gasteiger partial charge in [0, 0.05) is 19.0 Å². The highest BCUT2D eigenvalue weighted by molar-refractivity contribution is 5.72. The summed E-state index contributed by atoms with van der Waals surface area (Å²) in [7, 11) is 1.82. The Balaban J connectivity index is 2.09. The van der Waals surface area contributed by atoms with Crippen LogP contribution in [0.2, 0.25) is 0 Å². The van der Waals surface area contributed by atoms with E-state index < -0.39 is 0 Å². The van der Waals surface area contributed by atoms with Crippen molar-refractivity contribution in [2.75, 3.05) is 19.0 Å². The third-order valence-corrected chi connectivity index (χ3v) is 2.82. The summed E-state index contributed by atoms with van der Waals surface area (Å²) in [4.78, 5) is 4.15. The van der Waals surface area contributed by atoms with Crippen LogP contribution in [0.4, 0.5) is 5.82 Å². The van der Waals surface area contributed by atoms with Gasteiger partial charge in [-0.2, -0.15) is 0 Å². The van der Waals surface area contributed by atoms with Gasteiger partial charge in [0.05, 0.1) is 6.61 Å². The van der Waals surface area contributed by atoms with Crippen LogP contribution in [-0.2, 0) is 6.42 Å². The zero-order chi connectivity index (χ0) is 11.7. The van der Waals surface area contributed by atoms with Crippen molar-refractivity contribution >= 4 is 5.82 Å². The van der Waals surface area contributed by atoms with E-state index in [0.717, 1.165) is 35.9 Å². The Hall–Kier alpha value is -2.17. The van der Waals surface area contributed by atoms with Crippen LogP contribution in [0.25, 0.3) is 11.3 Å². The molecule has 5 heteroatoms. The van der Waals surface area contributed by atoms with E-state index in [1.807, 2.05) is 19.2 Å². The minimum absolute atomic E-state index is 0.735. The smallest absolute Gasteiger partial charge is 0.156 e. The molecule has 0 unspecified atom stereocenters. The monoisotopic (exact) mass is 228 g/mol. The van der Waals surface area contributed by atoms with Crippen LogP contribution in [0, 0.1) is 0 Å². The standard InChI is InChI=1S/C12H12N4O/c1-13-12-11(16-15-7-14-12)9-2-3-10-8(6-9)4-5-17-10/h2-3,6-7H,4-5H2,1H3,(H,13,14,15). The van der Waals surface area contributed by atoms with Crippen LogP contribution >= 0.6 is 0 Å². The highest BCUT2D eigenvalue weighted by Crippen LogP contribution is 2.31. The Morgan fingerprint density at radius 1 is 1.35 bits per heavy atom. The van der Waals surface area contributed by atoms with Gasteiger partial charge >= 0.3 is 0 Å². The molecule has 0 spiro atoms. The first kappa shape index (κ1) is 10.0. The molecule has 17 heavy (non-hydrogen) atoms. The molecular formula is C12H12N4O. The normalized spacial score (nSPS) is 13.0. The van der Waals surface area contributed by atoms with Crippen molar-refractivity contribution in [2.24, 2.45) is 0 Å². The maximum Gasteiger partial charge on any atom is 0.156 e. The first-order valence-corrected chi connectivity index (χ1v) is 5.50. The Labute approximate surface area is 98.9 Å². The third-order valence-electron chi connectivity index (χ3n) is 2.82. The zero-order valence-corrected chi connectivity index (χ0v) is 9.47. The molecule has 1 aromatic heterocycles. The van der Waals surface area contributed by atoms with Gasteiger partial charge in [-0.15, -0.1) is 10.2 Å². The van der Waals surface area contributed by atoms with E-state index in [4.69, 9.17) is 4.74 Å². The average Bonchev–Trinajstić information content (AvgIpc) is 2.85. The summed E-state index contributed by atoms with van der Waals surface area (Å²) in [6.07, 6.45) is 2.39. The highest BCUT2D eigenvalue weighted by Gasteiger charge is 2.15. The van der Waals surface area contributed by atoms with Crippen molar-refractivity contribution in [1.82, 2.24) is 15.2 Å². The predicted octanol–water partition coefficient (Wildman–Crippen LogP) is 1.52. The molecule has 0 aliphatic carbocycles. The lowest BCUT2D eigenvalue weighted by Crippen LogP contribution is -1.99. The first-order chi connectivity index (χ1) is 8.38. The lowest BCUT2D eigenvalue weighted by molar-refractivity contribution is 0.357. The summed E-state index contributed by atoms with van der Waals surface area (Å²) >= 11 is 0. The summed E-state index contributed by atoms with van der Waals surface area (Å²) < 4.78 is 5.48. The topological polar surface area (TPSA) is 59.9 Å². The number of anilines is 1. The van der Waals surface area contributed by atoms with Gasteiger partial charge < -0.3 is 10.1 Å². The van der Waals surface area contributed by atoms with Crippen molar-refractivity contribution in [3.63, 3.8) is 0 Å². The van der Waals surface area contributed by atoms with Crippen molar-refractivity contribution in [3.05, 3.63) is 30.1 Å². The van der Waals surface area contributed by atoms with Gasteiger partial charge in [-0.3, -0.25) is 0 Å². The minimum atomic E-state index is 0.735. The fraction of sp³-hybridized carbons (Fsp3) is 0.250. The molecule has 86 valence electrons. The second kappa shape index (κ2) is 4.01. The van der Waals surface area contributed by atoms with Gasteiger partial charge in [-0.25, -0.2) is 4.98 Å². The van der Waals surface area contributed by atoms with E-state index in [9.17, 15) is 0 Å². The fourth-order valence-electron chi connectivity index (χ4n) is 1.99. The summed E-state index contributed by atoms with van der Waals surface area (Å²) in [5.74, 6) is 1.70. The molecule has 0 radical (unpaired) electrons. The first-order valence-electron chi connectivity index (χ1n) is 5.50. The van der Waals surface area contributed by atoms with E-state index in [1.165, 1.54) is 11.9 Å². The zero-order valence-electron chi connectivity index (χ0n) is 9.47. The summed E-state index contributed by atoms with van der Waals surface area (Å²) in [5.41, 5.74) is 3.00. The van der Waals surface area contributed by atoms with Crippen LogP contribution in [0.1, 0.15) is 5.56 Å². The number of aromatic nitrogens is 3. The molecular weight excluding hydrogens is 216 g/mol. The molecule has 3 rings (SSSR count). The number of ether oxygens (including phenoxy) is 1. The van der Waals surface area contributed by atoms with Crippen molar-refractivity contribution < 1.29 is 4.74 Å². The van der Waals surface area contributed by atoms with E-state index in [0.29, 0.717) is 0 Å². The lowest BCUT2D eigenvalue weighted by atomic mass is 10.1. The second-order valence-electron chi connectivity index (χ2n) is 3.83. The van der Waals surface area contributed by atoms with Gasteiger partial charge in [0.2, 0.25) is 0 Å². The van der Waals surface area contributed by atoms with Crippen molar-refractivity contribution in [1.29, 1.82) is 0 Å². The predicted molar refractivity (Wildman–Crippen MR) is 64.0 cm³/mol. The second-order valence-corrected chi connectivity index (χ2v) is 3.83. The molecule has 1 N–H and O–H groups in total. The molecule has 0 saturated heterocycles. The molecule has 0 atom stereocenters. The molecule has 0 bridgehead atoms. The van der Waals surface area contributed by atoms with Gasteiger partial charge in [-0.1, -0.05) is 0 Å². The van der Waals surface area contributed by atoms with Crippen molar-refractivity contribution in [3.8, 4) is 17.0 Å². The molecule has 2 heterocycles. The molecule has 1 aromatic carbocycles. The molecule has 5 nitrogen and oxygen atoms in total. The minimum Gasteiger partial charge on any atom is -0.493 e. The maximum absolute atomic E-state index is 5.48. The van der Waals surface area contributed by atoms with Gasteiger partial charge in [0.15, 0.2) is 5.82 Å². The number of nitrogens with one attached hydrogen (secondary N) is 1. The Morgan fingerprint density at radius 3 is 3.18 bits per heavy atom. The number of nitrogens with zero attached hydrogens (tertiary/aromatic N) is 3. The van der Waals surface area contributed by atoms with Crippen LogP contribution in [0.15, 0.2) is 24.5 Å². The summed E-state index contributed by atoms with van der Waals surface area (Å²) in [6.45, 7) is 0.760. The molecule has 0 amide bonds. The van der Waals surface area contributed by atoms with E-state index >= 15 is 0 Å². The number of hydrogen-bond donors (Lipinski definition) is 1. The maximum atomic E-state index is 5.48. The Morgan fingerprint density at radius 2 is 2.29 bits per heavy atom. The van der Waals surface area contributed by atoms with Crippen LogP contribution in [0.3, 0.4) is 0 Å². The molecule has 2 aromatic rings. The van der Waals surface area contributed by atoms with E-state index in [2.05, 4.69) is 26.6 Å². The number of rotatable bonds is 2. The van der Waals surface area contributed by atoms with Gasteiger partial charge in [-0.05, 0) is 23.8 Å². The van der Waals surface area contributed by atoms with E-state index in [1.54, 1.807) is 0 Å². The number of fused-ring (bicyclic) bond motifs is 1. The van der Waals surface area contributed by atoms with Crippen LogP contribution in [0.5, 0.6) is 5.75 Å². The molecule has 0 saturated carbocycles. The van der Waals surface area contributed by atoms with Crippen LogP contribution in [-0.4, -0.2) is 28.8 Å². The number of benzene rings is 1. The van der Waals surface area contributed by atoms with Gasteiger partial charge in [0.1, 0.15) is 17.8 Å². The largest absolute Gasteiger partial charge is 0.493 e. The third kappa shape index (κ3) is 1.69. The van der Waals surface area contributed by atoms with Crippen molar-refractivity contribution in [2.45, 2.75) is 6.42 Å². The molecule has 1 aliphatic heterocycles. The van der Waals surface area contributed by atoms with Crippen LogP contribution < -0.4 is 10.1 Å². The molecule has 1 aliphatic rings. The summed E-state index contributed by atoms with van der Waals surface area (Å²) in [6, 6.07) is 6.05.